The SMILES string of the molecule is CNCC(c1ccncc1)c1ccc2ccccc2c1. The molecule has 100 valence electrons. The molecule has 1 aromatic heterocycles. The number of likely N-dealkylation sites (N-methyl/N-ethyl adjacent to an activating group) is 1. The van der Waals surface area contributed by atoms with Crippen molar-refractivity contribution in [2.24, 2.45) is 0 Å². The molecule has 0 radical (unpaired) electrons. The summed E-state index contributed by atoms with van der Waals surface area (Å²) in [4.78, 5) is 4.11. The Bertz CT molecular complexity index is 692. The number of nitrogens with zero attached hydrogens (tertiary/aromatic N) is 1. The molecule has 0 saturated carbocycles. The lowest BCUT2D eigenvalue weighted by molar-refractivity contribution is 0.708. The number of rotatable bonds is 4. The maximum atomic E-state index is 4.11. The fourth-order valence-corrected chi connectivity index (χ4v) is 2.65. The summed E-state index contributed by atoms with van der Waals surface area (Å²) in [5.74, 6) is 0.354. The molecule has 2 nitrogen and oxygen atoms in total. The van der Waals surface area contributed by atoms with Gasteiger partial charge in [-0.2, -0.15) is 0 Å². The predicted molar refractivity (Wildman–Crippen MR) is 84.0 cm³/mol. The summed E-state index contributed by atoms with van der Waals surface area (Å²) in [6, 6.07) is 19.4. The summed E-state index contributed by atoms with van der Waals surface area (Å²) in [5, 5.41) is 5.87. The van der Waals surface area contributed by atoms with E-state index in [0.717, 1.165) is 6.54 Å². The van der Waals surface area contributed by atoms with Crippen LogP contribution >= 0.6 is 0 Å². The van der Waals surface area contributed by atoms with E-state index in [1.807, 2.05) is 19.4 Å². The summed E-state index contributed by atoms with van der Waals surface area (Å²) in [7, 11) is 2.00. The van der Waals surface area contributed by atoms with E-state index in [1.165, 1.54) is 21.9 Å². The molecule has 0 saturated heterocycles. The van der Waals surface area contributed by atoms with Crippen LogP contribution in [0.2, 0.25) is 0 Å². The zero-order valence-corrected chi connectivity index (χ0v) is 11.6. The normalized spacial score (nSPS) is 12.4. The van der Waals surface area contributed by atoms with Gasteiger partial charge in [0.2, 0.25) is 0 Å². The van der Waals surface area contributed by atoms with E-state index in [-0.39, 0.29) is 0 Å². The van der Waals surface area contributed by atoms with Crippen LogP contribution < -0.4 is 5.32 Å². The zero-order chi connectivity index (χ0) is 13.8. The van der Waals surface area contributed by atoms with Gasteiger partial charge in [0.1, 0.15) is 0 Å². The second kappa shape index (κ2) is 5.85. The van der Waals surface area contributed by atoms with Gasteiger partial charge in [0.05, 0.1) is 0 Å². The molecular formula is C18H18N2. The van der Waals surface area contributed by atoms with Crippen LogP contribution in [0, 0.1) is 0 Å². The monoisotopic (exact) mass is 262 g/mol. The molecule has 1 unspecified atom stereocenters. The van der Waals surface area contributed by atoms with Gasteiger partial charge in [0, 0.05) is 24.9 Å². The van der Waals surface area contributed by atoms with Crippen LogP contribution in [0.25, 0.3) is 10.8 Å². The number of benzene rings is 2. The molecule has 0 aliphatic heterocycles. The minimum Gasteiger partial charge on any atom is -0.319 e. The van der Waals surface area contributed by atoms with E-state index in [0.29, 0.717) is 5.92 Å². The average Bonchev–Trinajstić information content (AvgIpc) is 2.53. The maximum Gasteiger partial charge on any atom is 0.0270 e. The van der Waals surface area contributed by atoms with Crippen molar-refractivity contribution in [2.45, 2.75) is 5.92 Å². The molecule has 1 heterocycles. The van der Waals surface area contributed by atoms with Crippen molar-refractivity contribution >= 4 is 10.8 Å². The molecule has 1 atom stereocenters. The Balaban J connectivity index is 2.05. The Morgan fingerprint density at radius 3 is 2.40 bits per heavy atom. The molecule has 0 amide bonds. The zero-order valence-electron chi connectivity index (χ0n) is 11.6. The van der Waals surface area contributed by atoms with Crippen LogP contribution in [0.4, 0.5) is 0 Å². The van der Waals surface area contributed by atoms with Crippen LogP contribution in [0.1, 0.15) is 17.0 Å². The number of fused-ring (bicyclic) bond motifs is 1. The van der Waals surface area contributed by atoms with Gasteiger partial charge in [0.15, 0.2) is 0 Å². The second-order valence-electron chi connectivity index (χ2n) is 5.00. The summed E-state index contributed by atoms with van der Waals surface area (Å²) in [5.41, 5.74) is 2.63. The first kappa shape index (κ1) is 12.8. The number of pyridine rings is 1. The molecule has 3 aromatic rings. The molecule has 0 fully saturated rings. The van der Waals surface area contributed by atoms with Crippen LogP contribution in [0.5, 0.6) is 0 Å². The van der Waals surface area contributed by atoms with E-state index >= 15 is 0 Å². The van der Waals surface area contributed by atoms with E-state index in [4.69, 9.17) is 0 Å². The number of hydrogen-bond acceptors (Lipinski definition) is 2. The summed E-state index contributed by atoms with van der Waals surface area (Å²) in [6.07, 6.45) is 3.72. The van der Waals surface area contributed by atoms with Crippen molar-refractivity contribution in [2.75, 3.05) is 13.6 Å². The van der Waals surface area contributed by atoms with Gasteiger partial charge in [-0.15, -0.1) is 0 Å². The third kappa shape index (κ3) is 2.56. The third-order valence-corrected chi connectivity index (χ3v) is 3.69. The quantitative estimate of drug-likeness (QED) is 0.777. The van der Waals surface area contributed by atoms with Crippen molar-refractivity contribution < 1.29 is 0 Å². The Kier molecular flexibility index (Phi) is 3.75. The van der Waals surface area contributed by atoms with Crippen molar-refractivity contribution in [3.63, 3.8) is 0 Å². The van der Waals surface area contributed by atoms with Gasteiger partial charge in [-0.05, 0) is 41.1 Å². The number of hydrogen-bond donors (Lipinski definition) is 1. The Morgan fingerprint density at radius 1 is 0.900 bits per heavy atom. The van der Waals surface area contributed by atoms with Crippen molar-refractivity contribution in [1.29, 1.82) is 0 Å². The standard InChI is InChI=1S/C18H18N2/c1-19-13-18(15-8-10-20-11-9-15)17-7-6-14-4-2-3-5-16(14)12-17/h2-12,18-19H,13H2,1H3. The lowest BCUT2D eigenvalue weighted by Crippen LogP contribution is -2.18. The molecular weight excluding hydrogens is 244 g/mol. The van der Waals surface area contributed by atoms with Gasteiger partial charge in [0.25, 0.3) is 0 Å². The van der Waals surface area contributed by atoms with E-state index < -0.39 is 0 Å². The van der Waals surface area contributed by atoms with Gasteiger partial charge in [-0.25, -0.2) is 0 Å². The molecule has 1 N–H and O–H groups in total. The lowest BCUT2D eigenvalue weighted by Gasteiger charge is -2.18. The van der Waals surface area contributed by atoms with Crippen molar-refractivity contribution in [1.82, 2.24) is 10.3 Å². The molecule has 20 heavy (non-hydrogen) atoms. The van der Waals surface area contributed by atoms with Gasteiger partial charge < -0.3 is 5.32 Å². The minimum atomic E-state index is 0.354. The second-order valence-corrected chi connectivity index (χ2v) is 5.00. The van der Waals surface area contributed by atoms with E-state index in [2.05, 4.69) is 64.9 Å². The maximum absolute atomic E-state index is 4.11. The molecule has 2 heteroatoms. The Labute approximate surface area is 119 Å². The van der Waals surface area contributed by atoms with Crippen LogP contribution in [0.15, 0.2) is 67.0 Å². The van der Waals surface area contributed by atoms with E-state index in [9.17, 15) is 0 Å². The Hall–Kier alpha value is -2.19. The first-order chi connectivity index (χ1) is 9.88. The minimum absolute atomic E-state index is 0.354. The predicted octanol–water partition coefficient (Wildman–Crippen LogP) is 3.59. The molecule has 0 bridgehead atoms. The fraction of sp³-hybridized carbons (Fsp3) is 0.167. The number of nitrogens with one attached hydrogen (secondary N) is 1. The van der Waals surface area contributed by atoms with Gasteiger partial charge in [-0.3, -0.25) is 4.98 Å². The van der Waals surface area contributed by atoms with Gasteiger partial charge in [-0.1, -0.05) is 42.5 Å². The molecule has 0 aliphatic rings. The topological polar surface area (TPSA) is 24.9 Å². The van der Waals surface area contributed by atoms with Crippen molar-refractivity contribution in [3.05, 3.63) is 78.1 Å². The summed E-state index contributed by atoms with van der Waals surface area (Å²) >= 11 is 0. The third-order valence-electron chi connectivity index (χ3n) is 3.69. The molecule has 2 aromatic carbocycles. The smallest absolute Gasteiger partial charge is 0.0270 e. The highest BCUT2D eigenvalue weighted by atomic mass is 14.8. The molecule has 0 spiro atoms. The highest BCUT2D eigenvalue weighted by Crippen LogP contribution is 2.26. The first-order valence-electron chi connectivity index (χ1n) is 6.91. The summed E-state index contributed by atoms with van der Waals surface area (Å²) in [6.45, 7) is 0.919. The molecule has 0 aliphatic carbocycles. The lowest BCUT2D eigenvalue weighted by atomic mass is 9.90. The highest BCUT2D eigenvalue weighted by Gasteiger charge is 2.13. The highest BCUT2D eigenvalue weighted by molar-refractivity contribution is 5.83. The van der Waals surface area contributed by atoms with Crippen molar-refractivity contribution in [3.8, 4) is 0 Å². The van der Waals surface area contributed by atoms with Crippen LogP contribution in [-0.2, 0) is 0 Å². The fourth-order valence-electron chi connectivity index (χ4n) is 2.65. The van der Waals surface area contributed by atoms with Gasteiger partial charge >= 0.3 is 0 Å². The van der Waals surface area contributed by atoms with Crippen LogP contribution in [0.3, 0.4) is 0 Å². The Morgan fingerprint density at radius 2 is 1.65 bits per heavy atom. The average molecular weight is 262 g/mol. The first-order valence-corrected chi connectivity index (χ1v) is 6.91. The number of aromatic nitrogens is 1. The van der Waals surface area contributed by atoms with Crippen LogP contribution in [-0.4, -0.2) is 18.6 Å². The largest absolute Gasteiger partial charge is 0.319 e. The molecule has 3 rings (SSSR count). The van der Waals surface area contributed by atoms with E-state index in [1.54, 1.807) is 0 Å². The summed E-state index contributed by atoms with van der Waals surface area (Å²) < 4.78 is 0.